The topological polar surface area (TPSA) is 3.24 Å². The number of hydrogen-bond donors (Lipinski definition) is 0. The summed E-state index contributed by atoms with van der Waals surface area (Å²) in [4.78, 5) is 2.39. The highest BCUT2D eigenvalue weighted by Crippen LogP contribution is 2.50. The quantitative estimate of drug-likeness (QED) is 0.217. The highest BCUT2D eigenvalue weighted by Gasteiger charge is 2.35. The average molecular weight is 538 g/mol. The number of rotatable bonds is 3. The van der Waals surface area contributed by atoms with Crippen LogP contribution < -0.4 is 4.90 Å². The summed E-state index contributed by atoms with van der Waals surface area (Å²) in [5.74, 6) is 0. The molecule has 6 aromatic carbocycles. The van der Waals surface area contributed by atoms with Crippen LogP contribution in [0.4, 0.5) is 17.1 Å². The molecule has 8 rings (SSSR count). The molecule has 1 aliphatic heterocycles. The van der Waals surface area contributed by atoms with Gasteiger partial charge in [-0.1, -0.05) is 129 Å². The van der Waals surface area contributed by atoms with Gasteiger partial charge in [0.25, 0.3) is 0 Å². The summed E-state index contributed by atoms with van der Waals surface area (Å²) in [5.41, 5.74) is 16.4. The van der Waals surface area contributed by atoms with Crippen LogP contribution in [-0.4, -0.2) is 0 Å². The first-order chi connectivity index (χ1) is 20.6. The van der Waals surface area contributed by atoms with Crippen LogP contribution in [0.1, 0.15) is 36.1 Å². The Morgan fingerprint density at radius 2 is 1.02 bits per heavy atom. The van der Waals surface area contributed by atoms with Crippen molar-refractivity contribution in [2.24, 2.45) is 0 Å². The van der Waals surface area contributed by atoms with Gasteiger partial charge in [0, 0.05) is 11.1 Å². The lowest BCUT2D eigenvalue weighted by Crippen LogP contribution is -2.14. The van der Waals surface area contributed by atoms with Gasteiger partial charge in [0.1, 0.15) is 0 Å². The molecule has 0 spiro atoms. The minimum Gasteiger partial charge on any atom is -0.309 e. The van der Waals surface area contributed by atoms with Crippen LogP contribution in [0.2, 0.25) is 0 Å². The minimum atomic E-state index is -0.0160. The molecule has 0 saturated heterocycles. The summed E-state index contributed by atoms with van der Waals surface area (Å²) in [5, 5.41) is 0. The Morgan fingerprint density at radius 1 is 0.429 bits per heavy atom. The molecule has 0 radical (unpaired) electrons. The average Bonchev–Trinajstić information content (AvgIpc) is 3.16. The molecule has 6 aromatic rings. The number of fused-ring (bicyclic) bond motifs is 5. The van der Waals surface area contributed by atoms with Crippen LogP contribution in [0.15, 0.2) is 140 Å². The maximum atomic E-state index is 2.41. The van der Waals surface area contributed by atoms with Crippen LogP contribution in [0.5, 0.6) is 0 Å². The first-order valence-electron chi connectivity index (χ1n) is 14.7. The van der Waals surface area contributed by atoms with Gasteiger partial charge in [-0.25, -0.2) is 0 Å². The Balaban J connectivity index is 1.22. The molecule has 1 aliphatic carbocycles. The fourth-order valence-corrected chi connectivity index (χ4v) is 6.81. The summed E-state index contributed by atoms with van der Waals surface area (Å²) >= 11 is 0. The molecule has 42 heavy (non-hydrogen) atoms. The summed E-state index contributed by atoms with van der Waals surface area (Å²) in [7, 11) is 0. The van der Waals surface area contributed by atoms with E-state index >= 15 is 0 Å². The number of anilines is 3. The molecule has 0 unspecified atom stereocenters. The lowest BCUT2D eigenvalue weighted by Gasteiger charge is -2.28. The molecule has 2 aliphatic rings. The fourth-order valence-electron chi connectivity index (χ4n) is 6.81. The molecule has 0 N–H and O–H groups in total. The molecule has 1 heteroatoms. The number of para-hydroxylation sites is 1. The van der Waals surface area contributed by atoms with Crippen LogP contribution in [0.3, 0.4) is 0 Å². The monoisotopic (exact) mass is 537 g/mol. The van der Waals surface area contributed by atoms with E-state index in [0.29, 0.717) is 0 Å². The van der Waals surface area contributed by atoms with Crippen molar-refractivity contribution in [2.45, 2.75) is 19.3 Å². The Labute approximate surface area is 248 Å². The van der Waals surface area contributed by atoms with Gasteiger partial charge in [0.05, 0.1) is 11.4 Å². The summed E-state index contributed by atoms with van der Waals surface area (Å²) in [6, 6.07) is 50.9. The van der Waals surface area contributed by atoms with E-state index in [4.69, 9.17) is 0 Å². The standard InChI is InChI=1S/C41H31N/c1-41(2)37-14-8-7-13-35(37)36-24-20-32(27-38(36)41)31-21-25-40-33(26-31)17-16-30-12-6-9-15-39(30)42(40)34-22-18-29(19-23-34)28-10-4-3-5-11-28/h3-27H,1-2H3. The zero-order chi connectivity index (χ0) is 28.3. The van der Waals surface area contributed by atoms with Gasteiger partial charge < -0.3 is 4.90 Å². The van der Waals surface area contributed by atoms with Crippen molar-refractivity contribution in [3.05, 3.63) is 162 Å². The maximum absolute atomic E-state index is 2.41. The van der Waals surface area contributed by atoms with Crippen LogP contribution >= 0.6 is 0 Å². The highest BCUT2D eigenvalue weighted by atomic mass is 15.1. The third-order valence-electron chi connectivity index (χ3n) is 9.04. The molecule has 0 aromatic heterocycles. The van der Waals surface area contributed by atoms with E-state index in [2.05, 4.69) is 170 Å². The third kappa shape index (κ3) is 3.85. The summed E-state index contributed by atoms with van der Waals surface area (Å²) in [6.07, 6.45) is 4.52. The predicted molar refractivity (Wildman–Crippen MR) is 178 cm³/mol. The van der Waals surface area contributed by atoms with E-state index in [1.54, 1.807) is 0 Å². The minimum absolute atomic E-state index is 0.0160. The number of hydrogen-bond acceptors (Lipinski definition) is 1. The second-order valence-electron chi connectivity index (χ2n) is 11.8. The largest absolute Gasteiger partial charge is 0.309 e. The van der Waals surface area contributed by atoms with Gasteiger partial charge in [0.15, 0.2) is 0 Å². The van der Waals surface area contributed by atoms with E-state index in [9.17, 15) is 0 Å². The lowest BCUT2D eigenvalue weighted by molar-refractivity contribution is 0.660. The maximum Gasteiger partial charge on any atom is 0.0534 e. The molecule has 0 fully saturated rings. The Bertz CT molecular complexity index is 1990. The lowest BCUT2D eigenvalue weighted by atomic mass is 9.81. The van der Waals surface area contributed by atoms with Crippen molar-refractivity contribution in [3.8, 4) is 33.4 Å². The SMILES string of the molecule is CC1(C)c2ccccc2-c2ccc(-c3ccc4c(c3)C=Cc3ccccc3N4c3ccc(-c4ccccc4)cc3)cc21. The Kier molecular flexibility index (Phi) is 5.55. The molecule has 0 amide bonds. The summed E-state index contributed by atoms with van der Waals surface area (Å²) in [6.45, 7) is 4.69. The van der Waals surface area contributed by atoms with E-state index in [1.165, 1.54) is 67.0 Å². The van der Waals surface area contributed by atoms with Crippen molar-refractivity contribution in [3.63, 3.8) is 0 Å². The van der Waals surface area contributed by atoms with Gasteiger partial charge >= 0.3 is 0 Å². The van der Waals surface area contributed by atoms with E-state index in [0.717, 1.165) is 5.69 Å². The van der Waals surface area contributed by atoms with Crippen molar-refractivity contribution < 1.29 is 0 Å². The van der Waals surface area contributed by atoms with Crippen LogP contribution in [0.25, 0.3) is 45.5 Å². The molecule has 0 bridgehead atoms. The van der Waals surface area contributed by atoms with Crippen molar-refractivity contribution >= 4 is 29.2 Å². The third-order valence-corrected chi connectivity index (χ3v) is 9.04. The zero-order valence-corrected chi connectivity index (χ0v) is 23.9. The fraction of sp³-hybridized carbons (Fsp3) is 0.0732. The smallest absolute Gasteiger partial charge is 0.0534 e. The van der Waals surface area contributed by atoms with Crippen LogP contribution in [0, 0.1) is 0 Å². The van der Waals surface area contributed by atoms with E-state index < -0.39 is 0 Å². The normalized spacial score (nSPS) is 14.0. The van der Waals surface area contributed by atoms with Gasteiger partial charge in [-0.15, -0.1) is 0 Å². The molecule has 0 atom stereocenters. The van der Waals surface area contributed by atoms with E-state index in [1.807, 2.05) is 0 Å². The van der Waals surface area contributed by atoms with Gasteiger partial charge in [-0.05, 0) is 92.0 Å². The number of nitrogens with zero attached hydrogens (tertiary/aromatic N) is 1. The highest BCUT2D eigenvalue weighted by molar-refractivity contribution is 5.95. The first-order valence-corrected chi connectivity index (χ1v) is 14.7. The second kappa shape index (κ2) is 9.46. The molecule has 0 saturated carbocycles. The number of benzene rings is 6. The predicted octanol–water partition coefficient (Wildman–Crippen LogP) is 11.3. The second-order valence-corrected chi connectivity index (χ2v) is 11.8. The molecular formula is C41H31N. The summed E-state index contributed by atoms with van der Waals surface area (Å²) < 4.78 is 0. The Hall–Kier alpha value is -5.14. The Morgan fingerprint density at radius 3 is 1.88 bits per heavy atom. The van der Waals surface area contributed by atoms with Gasteiger partial charge in [0.2, 0.25) is 0 Å². The van der Waals surface area contributed by atoms with Crippen molar-refractivity contribution in [1.29, 1.82) is 0 Å². The van der Waals surface area contributed by atoms with Crippen molar-refractivity contribution in [1.82, 2.24) is 0 Å². The van der Waals surface area contributed by atoms with Crippen molar-refractivity contribution in [2.75, 3.05) is 4.90 Å². The van der Waals surface area contributed by atoms with Crippen LogP contribution in [-0.2, 0) is 5.41 Å². The zero-order valence-electron chi connectivity index (χ0n) is 23.9. The molecule has 1 heterocycles. The first kappa shape index (κ1) is 24.6. The van der Waals surface area contributed by atoms with E-state index in [-0.39, 0.29) is 5.41 Å². The molecular weight excluding hydrogens is 506 g/mol. The molecule has 1 nitrogen and oxygen atoms in total. The van der Waals surface area contributed by atoms with Gasteiger partial charge in [-0.3, -0.25) is 0 Å². The molecule has 200 valence electrons. The van der Waals surface area contributed by atoms with Gasteiger partial charge in [-0.2, -0.15) is 0 Å².